The Balaban J connectivity index is 1.99. The zero-order valence-electron chi connectivity index (χ0n) is 10.6. The summed E-state index contributed by atoms with van der Waals surface area (Å²) in [6.07, 6.45) is -4.21. The van der Waals surface area contributed by atoms with E-state index in [-0.39, 0.29) is 18.7 Å². The molecule has 7 heteroatoms. The van der Waals surface area contributed by atoms with Gasteiger partial charge in [0, 0.05) is 26.2 Å². The first kappa shape index (κ1) is 14.6. The van der Waals surface area contributed by atoms with Gasteiger partial charge in [-0.1, -0.05) is 0 Å². The van der Waals surface area contributed by atoms with Gasteiger partial charge in [-0.2, -0.15) is 18.4 Å². The van der Waals surface area contributed by atoms with Gasteiger partial charge in [-0.05, 0) is 18.2 Å². The lowest BCUT2D eigenvalue weighted by Gasteiger charge is -2.36. The highest BCUT2D eigenvalue weighted by Gasteiger charge is 2.32. The third kappa shape index (κ3) is 3.61. The number of rotatable bonds is 2. The number of nitrogens with zero attached hydrogens (tertiary/aromatic N) is 3. The van der Waals surface area contributed by atoms with E-state index >= 15 is 0 Å². The van der Waals surface area contributed by atoms with E-state index in [1.54, 1.807) is 4.90 Å². The summed E-state index contributed by atoms with van der Waals surface area (Å²) in [7, 11) is 0. The molecule has 0 N–H and O–H groups in total. The van der Waals surface area contributed by atoms with Crippen LogP contribution in [0, 0.1) is 17.1 Å². The van der Waals surface area contributed by atoms with Crippen molar-refractivity contribution >= 4 is 5.69 Å². The summed E-state index contributed by atoms with van der Waals surface area (Å²) in [4.78, 5) is 3.00. The second-order valence-corrected chi connectivity index (χ2v) is 4.66. The number of anilines is 1. The van der Waals surface area contributed by atoms with Crippen molar-refractivity contribution in [3.05, 3.63) is 29.6 Å². The van der Waals surface area contributed by atoms with Crippen molar-refractivity contribution in [2.24, 2.45) is 0 Å². The van der Waals surface area contributed by atoms with Crippen molar-refractivity contribution in [2.45, 2.75) is 6.18 Å². The van der Waals surface area contributed by atoms with Crippen LogP contribution >= 0.6 is 0 Å². The standard InChI is InChI=1S/C13H13F4N3/c14-11-7-10(8-18)1-2-12(11)20-5-3-19(4-6-20)9-13(15,16)17/h1-2,7H,3-6,9H2. The Morgan fingerprint density at radius 3 is 2.30 bits per heavy atom. The molecule has 1 aromatic rings. The Labute approximate surface area is 114 Å². The van der Waals surface area contributed by atoms with Crippen LogP contribution in [0.4, 0.5) is 23.2 Å². The van der Waals surface area contributed by atoms with Gasteiger partial charge in [-0.25, -0.2) is 4.39 Å². The molecule has 0 saturated carbocycles. The maximum absolute atomic E-state index is 13.8. The van der Waals surface area contributed by atoms with Gasteiger partial charge in [0.2, 0.25) is 0 Å². The molecular formula is C13H13F4N3. The second-order valence-electron chi connectivity index (χ2n) is 4.66. The average Bonchev–Trinajstić information content (AvgIpc) is 2.38. The first-order chi connectivity index (χ1) is 9.39. The highest BCUT2D eigenvalue weighted by Crippen LogP contribution is 2.23. The van der Waals surface area contributed by atoms with Crippen molar-refractivity contribution in [2.75, 3.05) is 37.6 Å². The van der Waals surface area contributed by atoms with E-state index in [1.807, 2.05) is 6.07 Å². The molecule has 1 aliphatic rings. The molecule has 0 spiro atoms. The summed E-state index contributed by atoms with van der Waals surface area (Å²) in [5.41, 5.74) is 0.553. The molecule has 1 fully saturated rings. The summed E-state index contributed by atoms with van der Waals surface area (Å²) in [5, 5.41) is 8.66. The smallest absolute Gasteiger partial charge is 0.367 e. The minimum Gasteiger partial charge on any atom is -0.367 e. The van der Waals surface area contributed by atoms with Crippen molar-refractivity contribution in [3.8, 4) is 6.07 Å². The summed E-state index contributed by atoms with van der Waals surface area (Å²) < 4.78 is 50.6. The van der Waals surface area contributed by atoms with Gasteiger partial charge in [0.25, 0.3) is 0 Å². The van der Waals surface area contributed by atoms with Crippen molar-refractivity contribution in [1.29, 1.82) is 5.26 Å². The van der Waals surface area contributed by atoms with Crippen molar-refractivity contribution < 1.29 is 17.6 Å². The fourth-order valence-corrected chi connectivity index (χ4v) is 2.23. The van der Waals surface area contributed by atoms with Gasteiger partial charge in [0.1, 0.15) is 5.82 Å². The van der Waals surface area contributed by atoms with Crippen LogP contribution in [-0.4, -0.2) is 43.8 Å². The normalized spacial score (nSPS) is 17.1. The zero-order chi connectivity index (χ0) is 14.8. The molecule has 1 aromatic carbocycles. The first-order valence-corrected chi connectivity index (χ1v) is 6.13. The Morgan fingerprint density at radius 2 is 1.80 bits per heavy atom. The van der Waals surface area contributed by atoms with Gasteiger partial charge in [-0.3, -0.25) is 4.90 Å². The number of piperazine rings is 1. The van der Waals surface area contributed by atoms with E-state index in [4.69, 9.17) is 5.26 Å². The minimum atomic E-state index is -4.21. The molecule has 0 atom stereocenters. The third-order valence-electron chi connectivity index (χ3n) is 3.19. The van der Waals surface area contributed by atoms with E-state index in [1.165, 1.54) is 17.0 Å². The number of halogens is 4. The maximum Gasteiger partial charge on any atom is 0.401 e. The van der Waals surface area contributed by atoms with Crippen LogP contribution < -0.4 is 4.90 Å². The van der Waals surface area contributed by atoms with Crippen LogP contribution in [0.15, 0.2) is 18.2 Å². The maximum atomic E-state index is 13.8. The Hall–Kier alpha value is -1.81. The summed E-state index contributed by atoms with van der Waals surface area (Å²) in [6, 6.07) is 5.97. The van der Waals surface area contributed by atoms with Crippen LogP contribution in [0.1, 0.15) is 5.56 Å². The Bertz CT molecular complexity index is 513. The fourth-order valence-electron chi connectivity index (χ4n) is 2.23. The Kier molecular flexibility index (Phi) is 4.14. The number of alkyl halides is 3. The Morgan fingerprint density at radius 1 is 1.15 bits per heavy atom. The third-order valence-corrected chi connectivity index (χ3v) is 3.19. The van der Waals surface area contributed by atoms with Gasteiger partial charge in [0.15, 0.2) is 0 Å². The predicted molar refractivity (Wildman–Crippen MR) is 65.8 cm³/mol. The highest BCUT2D eigenvalue weighted by molar-refractivity contribution is 5.51. The lowest BCUT2D eigenvalue weighted by atomic mass is 10.2. The van der Waals surface area contributed by atoms with E-state index in [9.17, 15) is 17.6 Å². The molecule has 1 heterocycles. The molecule has 0 radical (unpaired) electrons. The quantitative estimate of drug-likeness (QED) is 0.782. The van der Waals surface area contributed by atoms with Crippen LogP contribution in [0.2, 0.25) is 0 Å². The molecular weight excluding hydrogens is 274 g/mol. The van der Waals surface area contributed by atoms with E-state index in [2.05, 4.69) is 0 Å². The molecule has 1 saturated heterocycles. The summed E-state index contributed by atoms with van der Waals surface area (Å²) in [6.45, 7) is 0.201. The zero-order valence-corrected chi connectivity index (χ0v) is 10.6. The fraction of sp³-hybridized carbons (Fsp3) is 0.462. The van der Waals surface area contributed by atoms with Crippen LogP contribution in [0.3, 0.4) is 0 Å². The van der Waals surface area contributed by atoms with E-state index in [0.717, 1.165) is 6.07 Å². The minimum absolute atomic E-state index is 0.224. The number of benzene rings is 1. The van der Waals surface area contributed by atoms with Crippen molar-refractivity contribution in [1.82, 2.24) is 4.90 Å². The molecule has 0 bridgehead atoms. The molecule has 3 nitrogen and oxygen atoms in total. The van der Waals surface area contributed by atoms with Gasteiger partial charge >= 0.3 is 6.18 Å². The first-order valence-electron chi connectivity index (χ1n) is 6.13. The summed E-state index contributed by atoms with van der Waals surface area (Å²) >= 11 is 0. The van der Waals surface area contributed by atoms with Gasteiger partial charge < -0.3 is 4.90 Å². The van der Waals surface area contributed by atoms with Crippen LogP contribution in [0.5, 0.6) is 0 Å². The number of hydrogen-bond donors (Lipinski definition) is 0. The van der Waals surface area contributed by atoms with Gasteiger partial charge in [0.05, 0.1) is 23.9 Å². The second kappa shape index (κ2) is 5.67. The molecule has 0 amide bonds. The number of nitriles is 1. The van der Waals surface area contributed by atoms with Gasteiger partial charge in [-0.15, -0.1) is 0 Å². The van der Waals surface area contributed by atoms with E-state index in [0.29, 0.717) is 18.8 Å². The van der Waals surface area contributed by atoms with Crippen molar-refractivity contribution in [3.63, 3.8) is 0 Å². The molecule has 2 rings (SSSR count). The lowest BCUT2D eigenvalue weighted by molar-refractivity contribution is -0.146. The lowest BCUT2D eigenvalue weighted by Crippen LogP contribution is -2.49. The highest BCUT2D eigenvalue weighted by atomic mass is 19.4. The molecule has 0 aliphatic carbocycles. The van der Waals surface area contributed by atoms with E-state index < -0.39 is 18.5 Å². The summed E-state index contributed by atoms with van der Waals surface area (Å²) in [5.74, 6) is -0.520. The molecule has 108 valence electrons. The topological polar surface area (TPSA) is 30.3 Å². The molecule has 0 unspecified atom stereocenters. The molecule has 1 aliphatic heterocycles. The molecule has 0 aromatic heterocycles. The van der Waals surface area contributed by atoms with Crippen LogP contribution in [-0.2, 0) is 0 Å². The SMILES string of the molecule is N#Cc1ccc(N2CCN(CC(F)(F)F)CC2)c(F)c1. The van der Waals surface area contributed by atoms with Crippen LogP contribution in [0.25, 0.3) is 0 Å². The average molecular weight is 287 g/mol. The largest absolute Gasteiger partial charge is 0.401 e. The molecule has 20 heavy (non-hydrogen) atoms. The predicted octanol–water partition coefficient (Wildman–Crippen LogP) is 2.38. The number of hydrogen-bond acceptors (Lipinski definition) is 3. The monoisotopic (exact) mass is 287 g/mol.